The lowest BCUT2D eigenvalue weighted by atomic mass is 10.0. The molecule has 0 aliphatic carbocycles. The van der Waals surface area contributed by atoms with Gasteiger partial charge < -0.3 is 9.64 Å². The lowest BCUT2D eigenvalue weighted by Gasteiger charge is -2.22. The van der Waals surface area contributed by atoms with E-state index in [1.165, 1.54) is 5.56 Å². The quantitative estimate of drug-likeness (QED) is 0.824. The monoisotopic (exact) mass is 339 g/mol. The Morgan fingerprint density at radius 2 is 2.16 bits per heavy atom. The molecule has 3 atom stereocenters. The Morgan fingerprint density at radius 3 is 2.92 bits per heavy atom. The number of carbonyl (C=O) groups excluding carboxylic acids is 1. The number of carbonyl (C=O) groups is 1. The zero-order chi connectivity index (χ0) is 17.4. The van der Waals surface area contributed by atoms with E-state index in [4.69, 9.17) is 4.74 Å². The molecule has 1 amide bonds. The van der Waals surface area contributed by atoms with E-state index in [2.05, 4.69) is 25.9 Å². The number of hydrogen-bond acceptors (Lipinski definition) is 6. The first-order valence-corrected chi connectivity index (χ1v) is 8.46. The molecule has 0 spiro atoms. The van der Waals surface area contributed by atoms with Gasteiger partial charge in [0.05, 0.1) is 6.04 Å². The van der Waals surface area contributed by atoms with Crippen LogP contribution in [-0.2, 0) is 11.3 Å². The molecule has 2 aliphatic rings. The number of likely N-dealkylation sites (N-methyl/N-ethyl adjacent to an activating group) is 1. The maximum absolute atomic E-state index is 12.6. The number of amides is 1. The van der Waals surface area contributed by atoms with Crippen LogP contribution < -0.4 is 4.74 Å². The van der Waals surface area contributed by atoms with Gasteiger partial charge in [-0.05, 0) is 18.6 Å². The summed E-state index contributed by atoms with van der Waals surface area (Å²) in [5.41, 5.74) is 1.18. The lowest BCUT2D eigenvalue weighted by molar-refractivity contribution is -0.134. The number of rotatable bonds is 4. The van der Waals surface area contributed by atoms with Gasteiger partial charge in [-0.3, -0.25) is 14.7 Å². The van der Waals surface area contributed by atoms with Crippen LogP contribution in [0.1, 0.15) is 11.4 Å². The highest BCUT2D eigenvalue weighted by atomic mass is 16.5. The second kappa shape index (κ2) is 6.40. The minimum atomic E-state index is -0.483. The number of pyridine rings is 1. The van der Waals surface area contributed by atoms with Crippen LogP contribution in [0.4, 0.5) is 0 Å². The van der Waals surface area contributed by atoms with Crippen LogP contribution in [0.3, 0.4) is 0 Å². The van der Waals surface area contributed by atoms with Gasteiger partial charge >= 0.3 is 0 Å². The number of fused-ring (bicyclic) bond motifs is 1. The first-order valence-electron chi connectivity index (χ1n) is 8.46. The lowest BCUT2D eigenvalue weighted by Crippen LogP contribution is -2.38. The molecule has 25 heavy (non-hydrogen) atoms. The van der Waals surface area contributed by atoms with E-state index in [-0.39, 0.29) is 17.9 Å². The van der Waals surface area contributed by atoms with Crippen LogP contribution in [-0.4, -0.2) is 62.9 Å². The van der Waals surface area contributed by atoms with Crippen molar-refractivity contribution in [2.75, 3.05) is 20.1 Å². The van der Waals surface area contributed by atoms with E-state index in [1.54, 1.807) is 18.5 Å². The molecule has 0 radical (unpaired) electrons. The minimum Gasteiger partial charge on any atom is -0.464 e. The molecule has 2 aromatic heterocycles. The Kier molecular flexibility index (Phi) is 4.09. The van der Waals surface area contributed by atoms with Crippen molar-refractivity contribution in [2.24, 2.45) is 5.92 Å². The van der Waals surface area contributed by atoms with Crippen LogP contribution in [0.2, 0.25) is 0 Å². The highest BCUT2D eigenvalue weighted by molar-refractivity contribution is 5.84. The van der Waals surface area contributed by atoms with Gasteiger partial charge in [0.1, 0.15) is 5.82 Å². The third kappa shape index (κ3) is 3.07. The average molecular weight is 339 g/mol. The summed E-state index contributed by atoms with van der Waals surface area (Å²) in [6.07, 6.45) is 4.84. The average Bonchev–Trinajstić information content (AvgIpc) is 3.10. The molecule has 0 bridgehead atoms. The van der Waals surface area contributed by atoms with Crippen LogP contribution >= 0.6 is 0 Å². The Labute approximate surface area is 146 Å². The normalized spacial score (nSPS) is 26.1. The van der Waals surface area contributed by atoms with Crippen molar-refractivity contribution < 1.29 is 9.53 Å². The predicted octanol–water partition coefficient (Wildman–Crippen LogP) is 0.900. The topological polar surface area (TPSA) is 71.5 Å². The number of nitrogens with zero attached hydrogens (tertiary/aromatic N) is 5. The van der Waals surface area contributed by atoms with Crippen LogP contribution in [0.15, 0.2) is 36.8 Å². The van der Waals surface area contributed by atoms with Gasteiger partial charge in [-0.25, -0.2) is 4.98 Å². The summed E-state index contributed by atoms with van der Waals surface area (Å²) in [6, 6.07) is 5.91. The Morgan fingerprint density at radius 1 is 1.28 bits per heavy atom. The molecule has 4 rings (SSSR count). The molecule has 0 aromatic carbocycles. The predicted molar refractivity (Wildman–Crippen MR) is 90.7 cm³/mol. The van der Waals surface area contributed by atoms with Gasteiger partial charge in [0.2, 0.25) is 5.88 Å². The Hall–Kier alpha value is -2.54. The van der Waals surface area contributed by atoms with E-state index >= 15 is 0 Å². The molecule has 130 valence electrons. The van der Waals surface area contributed by atoms with Crippen LogP contribution in [0.5, 0.6) is 5.88 Å². The van der Waals surface area contributed by atoms with Gasteiger partial charge in [-0.1, -0.05) is 6.07 Å². The fourth-order valence-corrected chi connectivity index (χ4v) is 3.80. The van der Waals surface area contributed by atoms with Crippen molar-refractivity contribution in [2.45, 2.75) is 25.6 Å². The van der Waals surface area contributed by atoms with E-state index in [1.807, 2.05) is 31.1 Å². The molecule has 0 saturated carbocycles. The highest BCUT2D eigenvalue weighted by Crippen LogP contribution is 2.34. The molecule has 2 aliphatic heterocycles. The molecule has 4 heterocycles. The van der Waals surface area contributed by atoms with E-state index in [0.717, 1.165) is 19.6 Å². The van der Waals surface area contributed by atoms with Gasteiger partial charge in [0, 0.05) is 57.3 Å². The van der Waals surface area contributed by atoms with Gasteiger partial charge in [0.25, 0.3) is 5.91 Å². The second-order valence-electron chi connectivity index (χ2n) is 6.72. The molecule has 2 saturated heterocycles. The fraction of sp³-hybridized carbons (Fsp3) is 0.444. The fourth-order valence-electron chi connectivity index (χ4n) is 3.80. The number of hydrogen-bond donors (Lipinski definition) is 0. The minimum absolute atomic E-state index is 0.0345. The van der Waals surface area contributed by atoms with E-state index in [9.17, 15) is 4.79 Å². The Bertz CT molecular complexity index is 769. The van der Waals surface area contributed by atoms with Crippen molar-refractivity contribution in [1.29, 1.82) is 0 Å². The van der Waals surface area contributed by atoms with Crippen molar-refractivity contribution in [3.63, 3.8) is 0 Å². The standard InChI is InChI=1S/C18H21N5O2/c1-12-20-7-5-16(21-12)25-17-14-10-23(9-13-4-3-6-19-8-13)11-15(14)22(2)18(17)24/h3-8,14-15,17H,9-11H2,1-2H3/t14-,15+,17-/m0/s1. The first kappa shape index (κ1) is 16.0. The molecule has 7 heteroatoms. The van der Waals surface area contributed by atoms with Gasteiger partial charge in [0.15, 0.2) is 6.10 Å². The molecular weight excluding hydrogens is 318 g/mol. The van der Waals surface area contributed by atoms with Crippen molar-refractivity contribution in [3.05, 3.63) is 48.2 Å². The number of aromatic nitrogens is 3. The van der Waals surface area contributed by atoms with Gasteiger partial charge in [-0.15, -0.1) is 0 Å². The zero-order valence-corrected chi connectivity index (χ0v) is 14.4. The third-order valence-electron chi connectivity index (χ3n) is 5.01. The van der Waals surface area contributed by atoms with Crippen LogP contribution in [0, 0.1) is 12.8 Å². The summed E-state index contributed by atoms with van der Waals surface area (Å²) < 4.78 is 5.97. The molecule has 0 N–H and O–H groups in total. The van der Waals surface area contributed by atoms with E-state index < -0.39 is 6.10 Å². The third-order valence-corrected chi connectivity index (χ3v) is 5.01. The second-order valence-corrected chi connectivity index (χ2v) is 6.72. The summed E-state index contributed by atoms with van der Waals surface area (Å²) >= 11 is 0. The largest absolute Gasteiger partial charge is 0.464 e. The maximum atomic E-state index is 12.6. The summed E-state index contributed by atoms with van der Waals surface area (Å²) in [6.45, 7) is 4.32. The SMILES string of the molecule is Cc1nccc(O[C@@H]2C(=O)N(C)[C@@H]3CN(Cc4cccnc4)C[C@H]23)n1. The highest BCUT2D eigenvalue weighted by Gasteiger charge is 2.52. The molecule has 2 fully saturated rings. The molecule has 2 aromatic rings. The van der Waals surface area contributed by atoms with Crippen LogP contribution in [0.25, 0.3) is 0 Å². The first-order chi connectivity index (χ1) is 12.1. The van der Waals surface area contributed by atoms with Crippen molar-refractivity contribution in [3.8, 4) is 5.88 Å². The maximum Gasteiger partial charge on any atom is 0.264 e. The summed E-state index contributed by atoms with van der Waals surface area (Å²) in [7, 11) is 1.86. The summed E-state index contributed by atoms with van der Waals surface area (Å²) in [5, 5.41) is 0. The molecular formula is C18H21N5O2. The number of likely N-dealkylation sites (tertiary alicyclic amines) is 2. The van der Waals surface area contributed by atoms with Crippen molar-refractivity contribution in [1.82, 2.24) is 24.8 Å². The number of aryl methyl sites for hydroxylation is 1. The van der Waals surface area contributed by atoms with E-state index in [0.29, 0.717) is 11.7 Å². The molecule has 7 nitrogen and oxygen atoms in total. The summed E-state index contributed by atoms with van der Waals surface area (Å²) in [5.74, 6) is 1.28. The smallest absolute Gasteiger partial charge is 0.264 e. The molecule has 0 unspecified atom stereocenters. The van der Waals surface area contributed by atoms with Gasteiger partial charge in [-0.2, -0.15) is 4.98 Å². The number of ether oxygens (including phenoxy) is 1. The summed E-state index contributed by atoms with van der Waals surface area (Å²) in [4.78, 5) is 29.3. The van der Waals surface area contributed by atoms with Crippen molar-refractivity contribution >= 4 is 5.91 Å². The Balaban J connectivity index is 1.49. The zero-order valence-electron chi connectivity index (χ0n) is 14.4.